The molecule has 1 amide bonds. The standard InChI is InChI=1S/C22H15ClN4O3/c23-15-1-4-17(5-2-15)30-20-8-3-16(13-25-20)26-21(28)18-6-7-19(27-22(18)29)14-9-11-24-12-10-14/h1-13H,(H,26,28)(H,27,29). The van der Waals surface area contributed by atoms with Gasteiger partial charge in [0.1, 0.15) is 11.3 Å². The highest BCUT2D eigenvalue weighted by molar-refractivity contribution is 6.30. The number of carbonyl (C=O) groups is 1. The average Bonchev–Trinajstić information content (AvgIpc) is 2.77. The summed E-state index contributed by atoms with van der Waals surface area (Å²) in [5, 5.41) is 3.26. The van der Waals surface area contributed by atoms with Crippen LogP contribution in [0.15, 0.2) is 84.0 Å². The zero-order valence-electron chi connectivity index (χ0n) is 15.5. The second-order valence-electron chi connectivity index (χ2n) is 6.25. The van der Waals surface area contributed by atoms with E-state index >= 15 is 0 Å². The SMILES string of the molecule is O=C(Nc1ccc(Oc2ccc(Cl)cc2)nc1)c1ccc(-c2ccncc2)[nH]c1=O. The smallest absolute Gasteiger partial charge is 0.261 e. The fourth-order valence-electron chi connectivity index (χ4n) is 2.69. The van der Waals surface area contributed by atoms with E-state index in [4.69, 9.17) is 16.3 Å². The number of hydrogen-bond donors (Lipinski definition) is 2. The molecule has 0 unspecified atom stereocenters. The third-order valence-electron chi connectivity index (χ3n) is 4.18. The Bertz CT molecular complexity index is 1220. The summed E-state index contributed by atoms with van der Waals surface area (Å²) in [6.45, 7) is 0. The van der Waals surface area contributed by atoms with Crippen molar-refractivity contribution < 1.29 is 9.53 Å². The van der Waals surface area contributed by atoms with E-state index in [1.165, 1.54) is 12.3 Å². The Morgan fingerprint density at radius 3 is 2.40 bits per heavy atom. The van der Waals surface area contributed by atoms with Gasteiger partial charge in [-0.05, 0) is 54.6 Å². The van der Waals surface area contributed by atoms with Crippen molar-refractivity contribution in [1.29, 1.82) is 0 Å². The van der Waals surface area contributed by atoms with Crippen molar-refractivity contribution in [1.82, 2.24) is 15.0 Å². The summed E-state index contributed by atoms with van der Waals surface area (Å²) >= 11 is 5.85. The summed E-state index contributed by atoms with van der Waals surface area (Å²) in [5.41, 5.74) is 1.34. The lowest BCUT2D eigenvalue weighted by molar-refractivity contribution is 0.102. The van der Waals surface area contributed by atoms with Gasteiger partial charge in [0.05, 0.1) is 11.9 Å². The molecule has 4 aromatic rings. The molecule has 0 bridgehead atoms. The second kappa shape index (κ2) is 8.59. The van der Waals surface area contributed by atoms with E-state index in [0.717, 1.165) is 5.56 Å². The Labute approximate surface area is 176 Å². The van der Waals surface area contributed by atoms with Gasteiger partial charge in [0.25, 0.3) is 11.5 Å². The summed E-state index contributed by atoms with van der Waals surface area (Å²) in [6.07, 6.45) is 4.70. The lowest BCUT2D eigenvalue weighted by Gasteiger charge is -2.08. The Morgan fingerprint density at radius 2 is 1.73 bits per heavy atom. The largest absolute Gasteiger partial charge is 0.439 e. The van der Waals surface area contributed by atoms with Gasteiger partial charge in [0.2, 0.25) is 5.88 Å². The number of rotatable bonds is 5. The summed E-state index contributed by atoms with van der Waals surface area (Å²) in [6, 6.07) is 16.8. The number of aromatic amines is 1. The first-order chi connectivity index (χ1) is 14.6. The van der Waals surface area contributed by atoms with E-state index in [2.05, 4.69) is 20.3 Å². The molecule has 1 aromatic carbocycles. The Hall–Kier alpha value is -3.97. The molecule has 0 atom stereocenters. The molecule has 8 heteroatoms. The zero-order chi connectivity index (χ0) is 20.9. The van der Waals surface area contributed by atoms with Gasteiger partial charge in [-0.15, -0.1) is 0 Å². The molecular formula is C22H15ClN4O3. The van der Waals surface area contributed by atoms with E-state index in [9.17, 15) is 9.59 Å². The van der Waals surface area contributed by atoms with Gasteiger partial charge in [0.15, 0.2) is 0 Å². The normalized spacial score (nSPS) is 10.4. The highest BCUT2D eigenvalue weighted by atomic mass is 35.5. The molecule has 4 rings (SSSR count). The van der Waals surface area contributed by atoms with Crippen LogP contribution in [0.3, 0.4) is 0 Å². The fourth-order valence-corrected chi connectivity index (χ4v) is 2.81. The monoisotopic (exact) mass is 418 g/mol. The number of H-pyrrole nitrogens is 1. The van der Waals surface area contributed by atoms with Crippen molar-refractivity contribution >= 4 is 23.2 Å². The van der Waals surface area contributed by atoms with Crippen molar-refractivity contribution in [2.45, 2.75) is 0 Å². The highest BCUT2D eigenvalue weighted by Crippen LogP contribution is 2.22. The molecule has 30 heavy (non-hydrogen) atoms. The van der Waals surface area contributed by atoms with Crippen LogP contribution in [0.5, 0.6) is 11.6 Å². The second-order valence-corrected chi connectivity index (χ2v) is 6.68. The minimum atomic E-state index is -0.536. The van der Waals surface area contributed by atoms with Crippen LogP contribution < -0.4 is 15.6 Å². The highest BCUT2D eigenvalue weighted by Gasteiger charge is 2.12. The van der Waals surface area contributed by atoms with Crippen LogP contribution >= 0.6 is 11.6 Å². The van der Waals surface area contributed by atoms with Crippen LogP contribution in [-0.4, -0.2) is 20.9 Å². The van der Waals surface area contributed by atoms with E-state index in [0.29, 0.717) is 28.0 Å². The van der Waals surface area contributed by atoms with Gasteiger partial charge in [-0.25, -0.2) is 4.98 Å². The number of ether oxygens (including phenoxy) is 1. The summed E-state index contributed by atoms with van der Waals surface area (Å²) < 4.78 is 5.61. The number of benzene rings is 1. The number of aromatic nitrogens is 3. The van der Waals surface area contributed by atoms with E-state index in [1.807, 2.05) is 0 Å². The zero-order valence-corrected chi connectivity index (χ0v) is 16.3. The molecule has 0 aliphatic heterocycles. The number of hydrogen-bond acceptors (Lipinski definition) is 5. The first kappa shape index (κ1) is 19.4. The number of halogens is 1. The van der Waals surface area contributed by atoms with Crippen LogP contribution in [0.2, 0.25) is 5.02 Å². The third-order valence-corrected chi connectivity index (χ3v) is 4.43. The molecule has 148 valence electrons. The van der Waals surface area contributed by atoms with E-state index in [-0.39, 0.29) is 5.56 Å². The Kier molecular flexibility index (Phi) is 5.54. The van der Waals surface area contributed by atoms with E-state index < -0.39 is 11.5 Å². The number of nitrogens with zero attached hydrogens (tertiary/aromatic N) is 2. The lowest BCUT2D eigenvalue weighted by Crippen LogP contribution is -2.23. The predicted octanol–water partition coefficient (Wildman–Crippen LogP) is 4.53. The van der Waals surface area contributed by atoms with Gasteiger partial charge < -0.3 is 15.0 Å². The fraction of sp³-hybridized carbons (Fsp3) is 0. The molecule has 0 saturated carbocycles. The summed E-state index contributed by atoms with van der Waals surface area (Å²) in [5.74, 6) is 0.407. The molecule has 0 spiro atoms. The topological polar surface area (TPSA) is 97.0 Å². The number of nitrogens with one attached hydrogen (secondary N) is 2. The van der Waals surface area contributed by atoms with Gasteiger partial charge in [-0.1, -0.05) is 11.6 Å². The van der Waals surface area contributed by atoms with Gasteiger partial charge in [-0.2, -0.15) is 0 Å². The number of pyridine rings is 3. The number of anilines is 1. The number of amides is 1. The van der Waals surface area contributed by atoms with Crippen molar-refractivity contribution in [3.05, 3.63) is 100 Å². The van der Waals surface area contributed by atoms with Gasteiger partial charge >= 0.3 is 0 Å². The molecule has 3 aromatic heterocycles. The minimum absolute atomic E-state index is 0.00528. The molecule has 0 radical (unpaired) electrons. The molecule has 7 nitrogen and oxygen atoms in total. The van der Waals surface area contributed by atoms with E-state index in [1.54, 1.807) is 67.0 Å². The molecule has 3 heterocycles. The van der Waals surface area contributed by atoms with Crippen molar-refractivity contribution in [3.63, 3.8) is 0 Å². The van der Waals surface area contributed by atoms with Crippen molar-refractivity contribution in [3.8, 4) is 22.9 Å². The van der Waals surface area contributed by atoms with Crippen molar-refractivity contribution in [2.75, 3.05) is 5.32 Å². The number of carbonyl (C=O) groups excluding carboxylic acids is 1. The maximum Gasteiger partial charge on any atom is 0.261 e. The van der Waals surface area contributed by atoms with Crippen LogP contribution in [0, 0.1) is 0 Å². The molecule has 0 aliphatic carbocycles. The third kappa shape index (κ3) is 4.53. The van der Waals surface area contributed by atoms with Crippen LogP contribution in [0.1, 0.15) is 10.4 Å². The van der Waals surface area contributed by atoms with Gasteiger partial charge in [-0.3, -0.25) is 14.6 Å². The first-order valence-electron chi connectivity index (χ1n) is 8.93. The first-order valence-corrected chi connectivity index (χ1v) is 9.31. The van der Waals surface area contributed by atoms with Crippen LogP contribution in [0.25, 0.3) is 11.3 Å². The predicted molar refractivity (Wildman–Crippen MR) is 114 cm³/mol. The van der Waals surface area contributed by atoms with Crippen molar-refractivity contribution in [2.24, 2.45) is 0 Å². The average molecular weight is 419 g/mol. The van der Waals surface area contributed by atoms with Crippen LogP contribution in [0.4, 0.5) is 5.69 Å². The maximum atomic E-state index is 12.5. The minimum Gasteiger partial charge on any atom is -0.439 e. The van der Waals surface area contributed by atoms with Crippen LogP contribution in [-0.2, 0) is 0 Å². The van der Waals surface area contributed by atoms with Gasteiger partial charge in [0, 0.05) is 34.7 Å². The Morgan fingerprint density at radius 1 is 0.967 bits per heavy atom. The summed E-state index contributed by atoms with van der Waals surface area (Å²) in [4.78, 5) is 35.6. The molecule has 2 N–H and O–H groups in total. The summed E-state index contributed by atoms with van der Waals surface area (Å²) in [7, 11) is 0. The molecule has 0 saturated heterocycles. The Balaban J connectivity index is 1.44. The molecular weight excluding hydrogens is 404 g/mol. The quantitative estimate of drug-likeness (QED) is 0.496. The molecule has 0 fully saturated rings. The molecule has 0 aliphatic rings. The lowest BCUT2D eigenvalue weighted by atomic mass is 10.1. The maximum absolute atomic E-state index is 12.5.